The normalized spacial score (nSPS) is 19.9. The van der Waals surface area contributed by atoms with Crippen LogP contribution in [-0.2, 0) is 0 Å². The van der Waals surface area contributed by atoms with Gasteiger partial charge in [0, 0.05) is 32.0 Å². The molecule has 1 N–H and O–H groups in total. The smallest absolute Gasteiger partial charge is 0.265 e. The molecule has 0 aromatic carbocycles. The Hall–Kier alpha value is -1.73. The molecule has 1 saturated heterocycles. The number of nitrogens with one attached hydrogen (secondary N) is 1. The van der Waals surface area contributed by atoms with Crippen molar-refractivity contribution in [1.82, 2.24) is 24.8 Å². The molecule has 0 bridgehead atoms. The number of thiazole rings is 1. The number of aromatic nitrogens is 3. The predicted molar refractivity (Wildman–Crippen MR) is 81.3 cm³/mol. The van der Waals surface area contributed by atoms with Gasteiger partial charge in [-0.25, -0.2) is 9.97 Å². The van der Waals surface area contributed by atoms with E-state index in [2.05, 4.69) is 26.8 Å². The lowest BCUT2D eigenvalue weighted by atomic mass is 10.1. The minimum atomic E-state index is 0.0855. The van der Waals surface area contributed by atoms with E-state index >= 15 is 0 Å². The fourth-order valence-corrected chi connectivity index (χ4v) is 3.52. The first-order valence-electron chi connectivity index (χ1n) is 7.13. The molecule has 0 aliphatic carbocycles. The lowest BCUT2D eigenvalue weighted by molar-refractivity contribution is 0.0483. The Labute approximate surface area is 127 Å². The highest BCUT2D eigenvalue weighted by Crippen LogP contribution is 2.25. The van der Waals surface area contributed by atoms with Gasteiger partial charge in [0.2, 0.25) is 0 Å². The number of amides is 1. The molecule has 0 unspecified atom stereocenters. The zero-order valence-electron chi connectivity index (χ0n) is 12.2. The van der Waals surface area contributed by atoms with E-state index in [1.807, 2.05) is 18.0 Å². The quantitative estimate of drug-likeness (QED) is 0.937. The monoisotopic (exact) mass is 305 g/mol. The molecule has 1 aliphatic rings. The molecule has 2 aromatic rings. The van der Waals surface area contributed by atoms with Crippen LogP contribution in [0, 0.1) is 6.92 Å². The standard InChI is InChI=1S/C14H19N5OS/c1-3-18-6-7-19(8-11(18)13-15-4-5-16-13)14(20)12-10(2)17-9-21-12/h4-5,9,11H,3,6-8H2,1-2H3,(H,15,16)/t11-/m0/s1. The molecule has 1 aliphatic heterocycles. The lowest BCUT2D eigenvalue weighted by Gasteiger charge is -2.39. The van der Waals surface area contributed by atoms with Crippen molar-refractivity contribution in [1.29, 1.82) is 0 Å². The number of carbonyl (C=O) groups is 1. The van der Waals surface area contributed by atoms with Gasteiger partial charge in [-0.3, -0.25) is 9.69 Å². The van der Waals surface area contributed by atoms with Gasteiger partial charge in [0.1, 0.15) is 10.7 Å². The minimum absolute atomic E-state index is 0.0855. The molecule has 7 heteroatoms. The lowest BCUT2D eigenvalue weighted by Crippen LogP contribution is -2.50. The van der Waals surface area contributed by atoms with Crippen LogP contribution in [0.15, 0.2) is 17.9 Å². The summed E-state index contributed by atoms with van der Waals surface area (Å²) in [5, 5.41) is 0. The first-order chi connectivity index (χ1) is 10.2. The maximum absolute atomic E-state index is 12.6. The van der Waals surface area contributed by atoms with Crippen molar-refractivity contribution in [3.8, 4) is 0 Å². The van der Waals surface area contributed by atoms with E-state index in [0.717, 1.165) is 36.0 Å². The van der Waals surface area contributed by atoms with Crippen molar-refractivity contribution >= 4 is 17.2 Å². The summed E-state index contributed by atoms with van der Waals surface area (Å²) < 4.78 is 0. The van der Waals surface area contributed by atoms with Crippen LogP contribution in [0.1, 0.15) is 34.2 Å². The topological polar surface area (TPSA) is 65.1 Å². The Bertz CT molecular complexity index is 609. The summed E-state index contributed by atoms with van der Waals surface area (Å²) in [5.41, 5.74) is 2.55. The number of aromatic amines is 1. The van der Waals surface area contributed by atoms with E-state index in [4.69, 9.17) is 0 Å². The number of rotatable bonds is 3. The van der Waals surface area contributed by atoms with Crippen molar-refractivity contribution in [2.45, 2.75) is 19.9 Å². The SMILES string of the molecule is CCN1CCN(C(=O)c2scnc2C)C[C@H]1c1ncc[nH]1. The van der Waals surface area contributed by atoms with Crippen LogP contribution in [0.4, 0.5) is 0 Å². The molecule has 112 valence electrons. The second-order valence-electron chi connectivity index (χ2n) is 5.14. The average molecular weight is 305 g/mol. The Kier molecular flexibility index (Phi) is 4.03. The number of nitrogens with zero attached hydrogens (tertiary/aromatic N) is 4. The summed E-state index contributed by atoms with van der Waals surface area (Å²) in [4.78, 5) is 29.4. The largest absolute Gasteiger partial charge is 0.347 e. The van der Waals surface area contributed by atoms with Crippen molar-refractivity contribution in [3.05, 3.63) is 34.3 Å². The summed E-state index contributed by atoms with van der Waals surface area (Å²) in [6, 6.07) is 0.135. The van der Waals surface area contributed by atoms with Crippen molar-refractivity contribution in [2.75, 3.05) is 26.2 Å². The Morgan fingerprint density at radius 1 is 1.48 bits per heavy atom. The van der Waals surface area contributed by atoms with Crippen molar-refractivity contribution in [3.63, 3.8) is 0 Å². The summed E-state index contributed by atoms with van der Waals surface area (Å²) in [6.45, 7) is 7.26. The maximum atomic E-state index is 12.6. The van der Waals surface area contributed by atoms with Crippen LogP contribution in [0.5, 0.6) is 0 Å². The zero-order chi connectivity index (χ0) is 14.8. The summed E-state index contributed by atoms with van der Waals surface area (Å²) >= 11 is 1.42. The number of carbonyl (C=O) groups excluding carboxylic acids is 1. The molecule has 1 fully saturated rings. The molecule has 6 nitrogen and oxygen atoms in total. The van der Waals surface area contributed by atoms with Gasteiger partial charge in [0.25, 0.3) is 5.91 Å². The second kappa shape index (κ2) is 5.95. The van der Waals surface area contributed by atoms with Crippen molar-refractivity contribution in [2.24, 2.45) is 0 Å². The highest BCUT2D eigenvalue weighted by molar-refractivity contribution is 7.11. The highest BCUT2D eigenvalue weighted by Gasteiger charge is 2.32. The van der Waals surface area contributed by atoms with Gasteiger partial charge in [-0.2, -0.15) is 0 Å². The maximum Gasteiger partial charge on any atom is 0.265 e. The number of piperazine rings is 1. The van der Waals surface area contributed by atoms with E-state index in [1.54, 1.807) is 11.7 Å². The Morgan fingerprint density at radius 2 is 2.33 bits per heavy atom. The zero-order valence-corrected chi connectivity index (χ0v) is 13.1. The first kappa shape index (κ1) is 14.2. The van der Waals surface area contributed by atoms with Crippen LogP contribution in [0.3, 0.4) is 0 Å². The molecule has 3 rings (SSSR count). The molecule has 1 atom stereocenters. The molecule has 2 aromatic heterocycles. The number of hydrogen-bond acceptors (Lipinski definition) is 5. The van der Waals surface area contributed by atoms with Gasteiger partial charge in [-0.15, -0.1) is 11.3 Å². The van der Waals surface area contributed by atoms with Crippen LogP contribution in [0.25, 0.3) is 0 Å². The number of H-pyrrole nitrogens is 1. The summed E-state index contributed by atoms with van der Waals surface area (Å²) in [7, 11) is 0. The first-order valence-corrected chi connectivity index (χ1v) is 8.01. The third-order valence-electron chi connectivity index (χ3n) is 3.96. The van der Waals surface area contributed by atoms with Crippen molar-refractivity contribution < 1.29 is 4.79 Å². The molecule has 0 radical (unpaired) electrons. The van der Waals surface area contributed by atoms with Gasteiger partial charge in [0.15, 0.2) is 0 Å². The molecule has 1 amide bonds. The molecular formula is C14H19N5OS. The molecule has 0 saturated carbocycles. The average Bonchev–Trinajstić information content (AvgIpc) is 3.17. The van der Waals surface area contributed by atoms with E-state index in [1.165, 1.54) is 11.3 Å². The van der Waals surface area contributed by atoms with E-state index in [0.29, 0.717) is 6.54 Å². The molecule has 21 heavy (non-hydrogen) atoms. The highest BCUT2D eigenvalue weighted by atomic mass is 32.1. The summed E-state index contributed by atoms with van der Waals surface area (Å²) in [6.07, 6.45) is 3.59. The van der Waals surface area contributed by atoms with E-state index in [9.17, 15) is 4.79 Å². The van der Waals surface area contributed by atoms with Gasteiger partial charge < -0.3 is 9.88 Å². The van der Waals surface area contributed by atoms with Gasteiger partial charge in [-0.1, -0.05) is 6.92 Å². The van der Waals surface area contributed by atoms with E-state index in [-0.39, 0.29) is 11.9 Å². The number of likely N-dealkylation sites (N-methyl/N-ethyl adjacent to an activating group) is 1. The number of imidazole rings is 1. The van der Waals surface area contributed by atoms with Crippen LogP contribution in [0.2, 0.25) is 0 Å². The van der Waals surface area contributed by atoms with Gasteiger partial charge >= 0.3 is 0 Å². The Morgan fingerprint density at radius 3 is 2.95 bits per heavy atom. The third-order valence-corrected chi connectivity index (χ3v) is 4.88. The van der Waals surface area contributed by atoms with Crippen LogP contribution >= 0.6 is 11.3 Å². The summed E-state index contributed by atoms with van der Waals surface area (Å²) in [5.74, 6) is 1.01. The molecule has 0 spiro atoms. The predicted octanol–water partition coefficient (Wildman–Crippen LogP) is 1.69. The minimum Gasteiger partial charge on any atom is -0.347 e. The molecular weight excluding hydrogens is 286 g/mol. The number of hydrogen-bond donors (Lipinski definition) is 1. The van der Waals surface area contributed by atoms with Crippen LogP contribution < -0.4 is 0 Å². The second-order valence-corrected chi connectivity index (χ2v) is 5.99. The van der Waals surface area contributed by atoms with Gasteiger partial charge in [-0.05, 0) is 13.5 Å². The third kappa shape index (κ3) is 2.71. The molecule has 3 heterocycles. The Balaban J connectivity index is 1.80. The fraction of sp³-hybridized carbons (Fsp3) is 0.500. The van der Waals surface area contributed by atoms with Crippen LogP contribution in [-0.4, -0.2) is 56.8 Å². The number of aryl methyl sites for hydroxylation is 1. The fourth-order valence-electron chi connectivity index (χ4n) is 2.75. The van der Waals surface area contributed by atoms with E-state index < -0.39 is 0 Å². The van der Waals surface area contributed by atoms with Gasteiger partial charge in [0.05, 0.1) is 17.2 Å².